The van der Waals surface area contributed by atoms with Gasteiger partial charge in [0.2, 0.25) is 0 Å². The van der Waals surface area contributed by atoms with Crippen molar-refractivity contribution in [3.63, 3.8) is 0 Å². The molecule has 0 saturated heterocycles. The summed E-state index contributed by atoms with van der Waals surface area (Å²) in [6, 6.07) is 0. The first-order chi connectivity index (χ1) is 4.18. The van der Waals surface area contributed by atoms with Gasteiger partial charge in [0.25, 0.3) is 0 Å². The summed E-state index contributed by atoms with van der Waals surface area (Å²) in [6.45, 7) is 1.02. The normalized spacial score (nSPS) is 7.67. The van der Waals surface area contributed by atoms with Crippen LogP contribution in [0.3, 0.4) is 0 Å². The standard InChI is InChI=1S/C4H11NO.H2O.O.Ti/c1-5(2)3-4-6;;;/h6H,3-4H2,1-2H3;1H2;;/q;;;+1/p-1. The zero-order chi connectivity index (χ0) is 7.70. The Balaban J connectivity index is 0. The molecule has 0 aliphatic heterocycles. The molecular weight excluding hydrogens is 158 g/mol. The van der Waals surface area contributed by atoms with E-state index in [-0.39, 0.29) is 6.61 Å². The molecule has 5 heteroatoms. The second-order valence-electron chi connectivity index (χ2n) is 1.62. The van der Waals surface area contributed by atoms with E-state index in [1.165, 1.54) is 0 Å². The first-order valence-corrected chi connectivity index (χ1v) is 3.79. The van der Waals surface area contributed by atoms with Gasteiger partial charge in [0.15, 0.2) is 0 Å². The van der Waals surface area contributed by atoms with Crippen molar-refractivity contribution in [2.45, 2.75) is 0 Å². The minimum atomic E-state index is -1.75. The quantitative estimate of drug-likeness (QED) is 0.514. The van der Waals surface area contributed by atoms with Gasteiger partial charge in [-0.15, -0.1) is 0 Å². The molecule has 0 aromatic heterocycles. The summed E-state index contributed by atoms with van der Waals surface area (Å²) in [5.41, 5.74) is 0. The van der Waals surface area contributed by atoms with Gasteiger partial charge in [-0.3, -0.25) is 0 Å². The molecule has 0 saturated carbocycles. The molecule has 0 unspecified atom stereocenters. The number of likely N-dealkylation sites (N-methyl/N-ethyl adjacent to an activating group) is 1. The third-order valence-corrected chi connectivity index (χ3v) is 0.547. The fraction of sp³-hybridized carbons (Fsp3) is 1.00. The van der Waals surface area contributed by atoms with E-state index in [1.54, 1.807) is 0 Å². The van der Waals surface area contributed by atoms with Gasteiger partial charge in [0.05, 0.1) is 6.61 Å². The van der Waals surface area contributed by atoms with Crippen LogP contribution in [0.1, 0.15) is 0 Å². The molecule has 0 amide bonds. The molecule has 0 aromatic carbocycles. The molecule has 0 rings (SSSR count). The molecule has 0 atom stereocenters. The maximum atomic E-state index is 8.61. The van der Waals surface area contributed by atoms with Gasteiger partial charge in [0, 0.05) is 6.54 Å². The van der Waals surface area contributed by atoms with Crippen molar-refractivity contribution < 1.29 is 31.6 Å². The Morgan fingerprint density at radius 3 is 1.89 bits per heavy atom. The van der Waals surface area contributed by atoms with Gasteiger partial charge >= 0.3 is 26.5 Å². The Bertz CT molecular complexity index is 59.8. The van der Waals surface area contributed by atoms with Crippen molar-refractivity contribution >= 4 is 0 Å². The van der Waals surface area contributed by atoms with Gasteiger partial charge < -0.3 is 10.0 Å². The second-order valence-corrected chi connectivity index (χ2v) is 1.90. The monoisotopic (exact) mass is 170 g/mol. The van der Waals surface area contributed by atoms with Gasteiger partial charge in [-0.2, -0.15) is 0 Å². The Hall–Kier alpha value is 0.394. The first kappa shape index (κ1) is 12.1. The molecule has 0 aliphatic rings. The molecular formula is C4H12NO3Ti. The summed E-state index contributed by atoms with van der Waals surface area (Å²) in [6.07, 6.45) is 0. The number of nitrogens with zero attached hydrogens (tertiary/aromatic N) is 1. The van der Waals surface area contributed by atoms with Crippen molar-refractivity contribution in [1.82, 2.24) is 4.90 Å². The molecule has 0 fully saturated rings. The van der Waals surface area contributed by atoms with Crippen molar-refractivity contribution in [3.05, 3.63) is 0 Å². The summed E-state index contributed by atoms with van der Waals surface area (Å²) in [4.78, 5) is 1.93. The topological polar surface area (TPSA) is 60.8 Å². The third-order valence-electron chi connectivity index (χ3n) is 0.547. The van der Waals surface area contributed by atoms with Crippen LogP contribution < -0.4 is 0 Å². The molecule has 55 valence electrons. The van der Waals surface area contributed by atoms with Crippen LogP contribution in [-0.2, 0) is 22.8 Å². The van der Waals surface area contributed by atoms with E-state index < -0.39 is 19.5 Å². The second kappa shape index (κ2) is 11.2. The zero-order valence-electron chi connectivity index (χ0n) is 5.66. The Labute approximate surface area is 64.2 Å². The van der Waals surface area contributed by atoms with Crippen LogP contribution >= 0.6 is 0 Å². The van der Waals surface area contributed by atoms with E-state index >= 15 is 0 Å². The van der Waals surface area contributed by atoms with Gasteiger partial charge in [-0.25, -0.2) is 0 Å². The molecule has 0 radical (unpaired) electrons. The van der Waals surface area contributed by atoms with Crippen LogP contribution in [0, 0.1) is 0 Å². The van der Waals surface area contributed by atoms with E-state index in [4.69, 9.17) is 12.1 Å². The van der Waals surface area contributed by atoms with E-state index in [9.17, 15) is 0 Å². The van der Waals surface area contributed by atoms with Crippen molar-refractivity contribution in [1.29, 1.82) is 0 Å². The van der Waals surface area contributed by atoms with E-state index in [2.05, 4.69) is 0 Å². The molecule has 0 heterocycles. The molecule has 0 bridgehead atoms. The third kappa shape index (κ3) is 29.8. The first-order valence-electron chi connectivity index (χ1n) is 2.45. The number of rotatable bonds is 2. The summed E-state index contributed by atoms with van der Waals surface area (Å²) in [5.74, 6) is 0. The molecule has 0 aliphatic carbocycles. The van der Waals surface area contributed by atoms with Crippen molar-refractivity contribution in [2.75, 3.05) is 27.2 Å². The SMILES string of the molecule is CN(C)CCO.[O]=[Ti][OH]. The number of hydrogen-bond acceptors (Lipinski definition) is 3. The van der Waals surface area contributed by atoms with Crippen LogP contribution in [0.15, 0.2) is 0 Å². The fourth-order valence-corrected chi connectivity index (χ4v) is 0.200. The van der Waals surface area contributed by atoms with Crippen LogP contribution in [-0.4, -0.2) is 40.9 Å². The van der Waals surface area contributed by atoms with E-state index in [1.807, 2.05) is 19.0 Å². The number of aliphatic hydroxyl groups excluding tert-OH is 1. The number of aliphatic hydroxyl groups is 1. The van der Waals surface area contributed by atoms with Gasteiger partial charge in [-0.05, 0) is 14.1 Å². The number of hydrogen-bond donors (Lipinski definition) is 2. The Morgan fingerprint density at radius 2 is 1.89 bits per heavy atom. The van der Waals surface area contributed by atoms with Crippen LogP contribution in [0.5, 0.6) is 0 Å². The van der Waals surface area contributed by atoms with E-state index in [0.29, 0.717) is 0 Å². The fourth-order valence-electron chi connectivity index (χ4n) is 0.200. The Morgan fingerprint density at radius 1 is 1.56 bits per heavy atom. The van der Waals surface area contributed by atoms with E-state index in [0.717, 1.165) is 6.54 Å². The summed E-state index contributed by atoms with van der Waals surface area (Å²) in [5, 5.41) is 8.20. The van der Waals surface area contributed by atoms with Gasteiger partial charge in [-0.1, -0.05) is 0 Å². The summed E-state index contributed by atoms with van der Waals surface area (Å²) < 4.78 is 15.8. The van der Waals surface area contributed by atoms with Crippen LogP contribution in [0.2, 0.25) is 0 Å². The van der Waals surface area contributed by atoms with Crippen molar-refractivity contribution in [3.8, 4) is 0 Å². The molecule has 0 spiro atoms. The van der Waals surface area contributed by atoms with Gasteiger partial charge in [0.1, 0.15) is 0 Å². The zero-order valence-corrected chi connectivity index (χ0v) is 7.23. The van der Waals surface area contributed by atoms with Crippen molar-refractivity contribution in [2.24, 2.45) is 0 Å². The molecule has 0 aromatic rings. The Kier molecular flexibility index (Phi) is 15.1. The predicted molar refractivity (Wildman–Crippen MR) is 28.5 cm³/mol. The molecule has 2 N–H and O–H groups in total. The maximum absolute atomic E-state index is 8.61. The van der Waals surface area contributed by atoms with Crippen LogP contribution in [0.25, 0.3) is 0 Å². The molecule has 4 nitrogen and oxygen atoms in total. The summed E-state index contributed by atoms with van der Waals surface area (Å²) >= 11 is -1.75. The average Bonchev–Trinajstić information content (AvgIpc) is 1.67. The summed E-state index contributed by atoms with van der Waals surface area (Å²) in [7, 11) is 3.85. The minimum absolute atomic E-state index is 0.257. The predicted octanol–water partition coefficient (Wildman–Crippen LogP) is -1.14. The van der Waals surface area contributed by atoms with Crippen LogP contribution in [0.4, 0.5) is 0 Å². The molecule has 9 heavy (non-hydrogen) atoms. The average molecular weight is 170 g/mol.